The number of rotatable bonds is 7. The fourth-order valence-electron chi connectivity index (χ4n) is 4.62. The quantitative estimate of drug-likeness (QED) is 0.525. The maximum Gasteiger partial charge on any atom is 0.242 e. The number of hydrogen-bond donors (Lipinski definition) is 3. The molecule has 2 saturated heterocycles. The van der Waals surface area contributed by atoms with Crippen LogP contribution in [0.5, 0.6) is 0 Å². The Morgan fingerprint density at radius 1 is 1.13 bits per heavy atom. The van der Waals surface area contributed by atoms with E-state index >= 15 is 0 Å². The van der Waals surface area contributed by atoms with E-state index in [4.69, 9.17) is 0 Å². The SMILES string of the molecule is CSCCC(NC(=O)C1CCS(=O)(=O)CC1)C(=O)NC1CC(C)(C)N(O)C(C)(C)C1. The third kappa shape index (κ3) is 6.58. The van der Waals surface area contributed by atoms with Crippen LogP contribution in [0.15, 0.2) is 0 Å². The number of nitrogens with zero attached hydrogens (tertiary/aromatic N) is 1. The normalized spacial score (nSPS) is 25.4. The minimum atomic E-state index is -3.04. The molecule has 10 heteroatoms. The Hall–Kier alpha value is -0.840. The molecule has 0 aromatic heterocycles. The van der Waals surface area contributed by atoms with Gasteiger partial charge in [0.15, 0.2) is 0 Å². The van der Waals surface area contributed by atoms with Gasteiger partial charge < -0.3 is 15.8 Å². The molecule has 0 aliphatic carbocycles. The van der Waals surface area contributed by atoms with E-state index in [-0.39, 0.29) is 35.3 Å². The number of thioether (sulfide) groups is 1. The summed E-state index contributed by atoms with van der Waals surface area (Å²) in [5.41, 5.74) is -0.962. The van der Waals surface area contributed by atoms with Gasteiger partial charge in [0.05, 0.1) is 11.5 Å². The summed E-state index contributed by atoms with van der Waals surface area (Å²) in [5.74, 6) is -0.0500. The summed E-state index contributed by atoms with van der Waals surface area (Å²) in [7, 11) is -3.04. The fraction of sp³-hybridized carbons (Fsp3) is 0.900. The summed E-state index contributed by atoms with van der Waals surface area (Å²) in [6.07, 6.45) is 4.27. The van der Waals surface area contributed by atoms with Gasteiger partial charge in [-0.2, -0.15) is 16.8 Å². The van der Waals surface area contributed by atoms with Crippen LogP contribution in [-0.4, -0.2) is 77.2 Å². The molecule has 2 aliphatic rings. The number of amides is 2. The number of sulfone groups is 1. The van der Waals surface area contributed by atoms with Crippen LogP contribution in [0, 0.1) is 5.92 Å². The number of carbonyl (C=O) groups is 2. The lowest BCUT2D eigenvalue weighted by molar-refractivity contribution is -0.246. The van der Waals surface area contributed by atoms with Crippen LogP contribution < -0.4 is 10.6 Å². The lowest BCUT2D eigenvalue weighted by atomic mass is 9.79. The van der Waals surface area contributed by atoms with Gasteiger partial charge in [0, 0.05) is 23.0 Å². The number of piperidine rings is 1. The van der Waals surface area contributed by atoms with Crippen molar-refractivity contribution in [1.29, 1.82) is 0 Å². The third-order valence-electron chi connectivity index (χ3n) is 6.15. The summed E-state index contributed by atoms with van der Waals surface area (Å²) in [6.45, 7) is 7.77. The highest BCUT2D eigenvalue weighted by Crippen LogP contribution is 2.36. The van der Waals surface area contributed by atoms with Gasteiger partial charge in [-0.05, 0) is 71.8 Å². The number of hydroxylamine groups is 2. The lowest BCUT2D eigenvalue weighted by Gasteiger charge is -2.51. The molecule has 0 radical (unpaired) electrons. The van der Waals surface area contributed by atoms with Gasteiger partial charge >= 0.3 is 0 Å². The van der Waals surface area contributed by atoms with Gasteiger partial charge in [0.1, 0.15) is 15.9 Å². The second-order valence-corrected chi connectivity index (χ2v) is 13.1. The molecule has 1 atom stereocenters. The van der Waals surface area contributed by atoms with E-state index in [1.807, 2.05) is 34.0 Å². The molecule has 2 rings (SSSR count). The smallest absolute Gasteiger partial charge is 0.242 e. The number of hydrogen-bond acceptors (Lipinski definition) is 7. The molecule has 174 valence electrons. The Bertz CT molecular complexity index is 707. The minimum Gasteiger partial charge on any atom is -0.351 e. The second kappa shape index (κ2) is 9.75. The van der Waals surface area contributed by atoms with Crippen molar-refractivity contribution in [2.24, 2.45) is 5.92 Å². The third-order valence-corrected chi connectivity index (χ3v) is 8.51. The van der Waals surface area contributed by atoms with Gasteiger partial charge in [-0.3, -0.25) is 9.59 Å². The maximum absolute atomic E-state index is 13.0. The van der Waals surface area contributed by atoms with E-state index in [2.05, 4.69) is 10.6 Å². The van der Waals surface area contributed by atoms with Gasteiger partial charge in [0.2, 0.25) is 11.8 Å². The van der Waals surface area contributed by atoms with Gasteiger partial charge in [-0.1, -0.05) is 0 Å². The van der Waals surface area contributed by atoms with Crippen LogP contribution in [0.2, 0.25) is 0 Å². The molecule has 0 saturated carbocycles. The van der Waals surface area contributed by atoms with Crippen LogP contribution >= 0.6 is 11.8 Å². The molecule has 1 unspecified atom stereocenters. The van der Waals surface area contributed by atoms with E-state index in [9.17, 15) is 23.2 Å². The average Bonchev–Trinajstić information content (AvgIpc) is 2.62. The summed E-state index contributed by atoms with van der Waals surface area (Å²) in [6, 6.07) is -0.763. The molecular weight excluding hydrogens is 426 g/mol. The first-order chi connectivity index (χ1) is 13.8. The fourth-order valence-corrected chi connectivity index (χ4v) is 6.58. The first-order valence-corrected chi connectivity index (χ1v) is 13.8. The predicted molar refractivity (Wildman–Crippen MR) is 119 cm³/mol. The molecule has 0 aromatic rings. The second-order valence-electron chi connectivity index (χ2n) is 9.82. The zero-order chi connectivity index (χ0) is 22.7. The molecule has 30 heavy (non-hydrogen) atoms. The highest BCUT2D eigenvalue weighted by atomic mass is 32.2. The Morgan fingerprint density at radius 3 is 2.17 bits per heavy atom. The van der Waals surface area contributed by atoms with Crippen LogP contribution in [0.25, 0.3) is 0 Å². The summed E-state index contributed by atoms with van der Waals surface area (Å²) < 4.78 is 23.2. The van der Waals surface area contributed by atoms with Crippen molar-refractivity contribution < 1.29 is 23.2 Å². The molecule has 2 aliphatic heterocycles. The zero-order valence-corrected chi connectivity index (χ0v) is 20.4. The topological polar surface area (TPSA) is 116 Å². The predicted octanol–water partition coefficient (Wildman–Crippen LogP) is 1.58. The molecule has 8 nitrogen and oxygen atoms in total. The van der Waals surface area contributed by atoms with E-state index in [0.29, 0.717) is 32.1 Å². The Balaban J connectivity index is 2.02. The van der Waals surface area contributed by atoms with Crippen molar-refractivity contribution in [2.45, 2.75) is 83.0 Å². The molecule has 2 heterocycles. The van der Waals surface area contributed by atoms with E-state index in [1.54, 1.807) is 11.8 Å². The average molecular weight is 464 g/mol. The Kier molecular flexibility index (Phi) is 8.26. The van der Waals surface area contributed by atoms with Crippen molar-refractivity contribution in [1.82, 2.24) is 15.7 Å². The molecule has 3 N–H and O–H groups in total. The van der Waals surface area contributed by atoms with Crippen LogP contribution in [0.1, 0.15) is 59.8 Å². The van der Waals surface area contributed by atoms with Crippen molar-refractivity contribution in [3.8, 4) is 0 Å². The van der Waals surface area contributed by atoms with Crippen molar-refractivity contribution in [3.05, 3.63) is 0 Å². The van der Waals surface area contributed by atoms with Gasteiger partial charge in [-0.15, -0.1) is 0 Å². The standard InChI is InChI=1S/C20H37N3O5S2/c1-19(2)12-15(13-20(3,4)23(19)26)21-18(25)16(6-9-29-5)22-17(24)14-7-10-30(27,28)11-8-14/h14-16,26H,6-13H2,1-5H3,(H,21,25)(H,22,24). The zero-order valence-electron chi connectivity index (χ0n) is 18.7. The lowest BCUT2D eigenvalue weighted by Crippen LogP contribution is -2.64. The highest BCUT2D eigenvalue weighted by molar-refractivity contribution is 7.98. The van der Waals surface area contributed by atoms with E-state index in [0.717, 1.165) is 5.75 Å². The molecule has 0 aromatic carbocycles. The summed E-state index contributed by atoms with van der Waals surface area (Å²) in [4.78, 5) is 25.7. The van der Waals surface area contributed by atoms with Crippen molar-refractivity contribution in [2.75, 3.05) is 23.5 Å². The number of nitrogens with one attached hydrogen (secondary N) is 2. The molecule has 0 spiro atoms. The molecule has 2 fully saturated rings. The highest BCUT2D eigenvalue weighted by Gasteiger charge is 2.45. The van der Waals surface area contributed by atoms with Gasteiger partial charge in [0.25, 0.3) is 0 Å². The van der Waals surface area contributed by atoms with Crippen LogP contribution in [-0.2, 0) is 19.4 Å². The molecule has 0 bridgehead atoms. The van der Waals surface area contributed by atoms with E-state index < -0.39 is 27.0 Å². The van der Waals surface area contributed by atoms with Crippen molar-refractivity contribution in [3.63, 3.8) is 0 Å². The molecular formula is C20H37N3O5S2. The van der Waals surface area contributed by atoms with Crippen LogP contribution in [0.3, 0.4) is 0 Å². The van der Waals surface area contributed by atoms with Crippen molar-refractivity contribution >= 4 is 33.4 Å². The number of carbonyl (C=O) groups excluding carboxylic acids is 2. The summed E-state index contributed by atoms with van der Waals surface area (Å²) in [5, 5.41) is 17.8. The molecule has 2 amide bonds. The van der Waals surface area contributed by atoms with Crippen LogP contribution in [0.4, 0.5) is 0 Å². The summed E-state index contributed by atoms with van der Waals surface area (Å²) >= 11 is 1.61. The largest absolute Gasteiger partial charge is 0.351 e. The monoisotopic (exact) mass is 463 g/mol. The van der Waals surface area contributed by atoms with E-state index in [1.165, 1.54) is 5.06 Å². The Labute approximate surface area is 184 Å². The minimum absolute atomic E-state index is 0.0245. The first kappa shape index (κ1) is 25.4. The maximum atomic E-state index is 13.0. The Morgan fingerprint density at radius 2 is 1.67 bits per heavy atom. The first-order valence-electron chi connectivity index (χ1n) is 10.6. The van der Waals surface area contributed by atoms with Gasteiger partial charge in [-0.25, -0.2) is 8.42 Å².